The molecule has 0 aromatic heterocycles. The van der Waals surface area contributed by atoms with E-state index in [2.05, 4.69) is 10.6 Å². The van der Waals surface area contributed by atoms with Gasteiger partial charge in [0.2, 0.25) is 15.9 Å². The second-order valence-electron chi connectivity index (χ2n) is 5.41. The molecule has 2 N–H and O–H groups in total. The van der Waals surface area contributed by atoms with Gasteiger partial charge in [-0.05, 0) is 26.0 Å². The van der Waals surface area contributed by atoms with Crippen molar-refractivity contribution in [1.29, 1.82) is 0 Å². The number of piperidine rings is 1. The lowest BCUT2D eigenvalue weighted by atomic mass is 10.1. The molecule has 0 spiro atoms. The molecule has 136 valence electrons. The summed E-state index contributed by atoms with van der Waals surface area (Å²) >= 11 is 5.96. The number of halogens is 3. The molecule has 2 rings (SSSR count). The van der Waals surface area contributed by atoms with E-state index in [-0.39, 0.29) is 29.2 Å². The molecule has 1 heterocycles. The molecule has 0 saturated carbocycles. The van der Waals surface area contributed by atoms with E-state index >= 15 is 0 Å². The van der Waals surface area contributed by atoms with Gasteiger partial charge in [-0.15, -0.1) is 12.4 Å². The van der Waals surface area contributed by atoms with Gasteiger partial charge in [0.05, 0.1) is 10.7 Å². The molecular weight excluding hydrogens is 380 g/mol. The highest BCUT2D eigenvalue weighted by atomic mass is 35.5. The van der Waals surface area contributed by atoms with Crippen LogP contribution in [0.25, 0.3) is 0 Å². The number of hydrogen-bond acceptors (Lipinski definition) is 4. The fraction of sp³-hybridized carbons (Fsp3) is 0.500. The number of rotatable bonds is 4. The number of amides is 1. The summed E-state index contributed by atoms with van der Waals surface area (Å²) in [5.74, 6) is -1.36. The van der Waals surface area contributed by atoms with Crippen LogP contribution in [0, 0.1) is 5.82 Å². The van der Waals surface area contributed by atoms with Crippen LogP contribution >= 0.6 is 24.0 Å². The summed E-state index contributed by atoms with van der Waals surface area (Å²) in [5.41, 5.74) is 0.0458. The van der Waals surface area contributed by atoms with Crippen molar-refractivity contribution in [3.63, 3.8) is 0 Å². The molecule has 1 aromatic rings. The average molecular weight is 400 g/mol. The molecule has 10 heteroatoms. The maximum absolute atomic E-state index is 14.2. The van der Waals surface area contributed by atoms with Crippen LogP contribution < -0.4 is 10.6 Å². The van der Waals surface area contributed by atoms with E-state index in [0.717, 1.165) is 12.1 Å². The van der Waals surface area contributed by atoms with Gasteiger partial charge in [0, 0.05) is 32.1 Å². The summed E-state index contributed by atoms with van der Waals surface area (Å²) < 4.78 is 40.7. The van der Waals surface area contributed by atoms with Crippen LogP contribution in [-0.2, 0) is 14.8 Å². The number of carbonyl (C=O) groups is 1. The quantitative estimate of drug-likeness (QED) is 0.813. The highest BCUT2D eigenvalue weighted by molar-refractivity contribution is 7.89. The number of hydrogen-bond donors (Lipinski definition) is 2. The van der Waals surface area contributed by atoms with Gasteiger partial charge in [0.25, 0.3) is 0 Å². The van der Waals surface area contributed by atoms with Crippen LogP contribution in [0.1, 0.15) is 19.8 Å². The number of nitrogens with zero attached hydrogens (tertiary/aromatic N) is 1. The molecule has 1 saturated heterocycles. The lowest BCUT2D eigenvalue weighted by Crippen LogP contribution is -2.44. The summed E-state index contributed by atoms with van der Waals surface area (Å²) in [6, 6.07) is 2.23. The van der Waals surface area contributed by atoms with E-state index < -0.39 is 26.6 Å². The molecule has 1 fully saturated rings. The van der Waals surface area contributed by atoms with Crippen LogP contribution in [0.2, 0.25) is 5.02 Å². The molecule has 0 radical (unpaired) electrons. The highest BCUT2D eigenvalue weighted by Gasteiger charge is 2.31. The van der Waals surface area contributed by atoms with Crippen molar-refractivity contribution < 1.29 is 17.6 Å². The first-order valence-corrected chi connectivity index (χ1v) is 9.01. The van der Waals surface area contributed by atoms with E-state index in [1.54, 1.807) is 0 Å². The Balaban J connectivity index is 0.00000288. The van der Waals surface area contributed by atoms with Crippen LogP contribution in [-0.4, -0.2) is 44.8 Å². The van der Waals surface area contributed by atoms with Crippen molar-refractivity contribution in [2.24, 2.45) is 0 Å². The molecule has 0 atom stereocenters. The van der Waals surface area contributed by atoms with Gasteiger partial charge in [-0.3, -0.25) is 4.79 Å². The number of anilines is 1. The van der Waals surface area contributed by atoms with Gasteiger partial charge in [-0.25, -0.2) is 12.8 Å². The predicted molar refractivity (Wildman–Crippen MR) is 93.8 cm³/mol. The van der Waals surface area contributed by atoms with Gasteiger partial charge >= 0.3 is 0 Å². The van der Waals surface area contributed by atoms with Crippen molar-refractivity contribution in [1.82, 2.24) is 9.62 Å². The Morgan fingerprint density at radius 2 is 1.92 bits per heavy atom. The highest BCUT2D eigenvalue weighted by Crippen LogP contribution is 2.30. The molecule has 1 aliphatic rings. The summed E-state index contributed by atoms with van der Waals surface area (Å²) in [6.45, 7) is 1.89. The van der Waals surface area contributed by atoms with Gasteiger partial charge < -0.3 is 10.6 Å². The van der Waals surface area contributed by atoms with Crippen molar-refractivity contribution in [3.05, 3.63) is 23.0 Å². The Bertz CT molecular complexity index is 707. The van der Waals surface area contributed by atoms with Crippen molar-refractivity contribution >= 4 is 45.6 Å². The van der Waals surface area contributed by atoms with E-state index in [9.17, 15) is 17.6 Å². The Labute approximate surface area is 152 Å². The van der Waals surface area contributed by atoms with Gasteiger partial charge in [0.1, 0.15) is 10.7 Å². The Kier molecular flexibility index (Phi) is 7.43. The van der Waals surface area contributed by atoms with Crippen LogP contribution in [0.15, 0.2) is 17.0 Å². The molecular formula is C14H20Cl2FN3O3S. The first-order valence-electron chi connectivity index (χ1n) is 7.19. The lowest BCUT2D eigenvalue weighted by Gasteiger charge is -2.31. The Morgan fingerprint density at radius 3 is 2.42 bits per heavy atom. The first-order chi connectivity index (χ1) is 10.8. The van der Waals surface area contributed by atoms with Crippen molar-refractivity contribution in [3.8, 4) is 0 Å². The molecule has 1 aromatic carbocycles. The van der Waals surface area contributed by atoms with E-state index in [4.69, 9.17) is 11.6 Å². The zero-order valence-corrected chi connectivity index (χ0v) is 15.7. The van der Waals surface area contributed by atoms with Gasteiger partial charge in [0.15, 0.2) is 0 Å². The van der Waals surface area contributed by atoms with E-state index in [1.807, 2.05) is 7.05 Å². The molecule has 0 unspecified atom stereocenters. The van der Waals surface area contributed by atoms with E-state index in [0.29, 0.717) is 25.9 Å². The summed E-state index contributed by atoms with van der Waals surface area (Å²) in [5, 5.41) is 5.44. The Hall–Kier alpha value is -0.930. The van der Waals surface area contributed by atoms with E-state index in [1.165, 1.54) is 11.2 Å². The smallest absolute Gasteiger partial charge is 0.246 e. The standard InChI is InChI=1S/C14H19ClFN3O3S.ClH/c1-9(20)18-13-8-12(16)14(7-11(13)15)23(21,22)19-5-3-10(17-2)4-6-19;/h7-8,10,17H,3-6H2,1-2H3,(H,18,20);1H. The predicted octanol–water partition coefficient (Wildman–Crippen LogP) is 2.23. The third kappa shape index (κ3) is 4.58. The largest absolute Gasteiger partial charge is 0.325 e. The minimum atomic E-state index is -3.96. The minimum Gasteiger partial charge on any atom is -0.325 e. The molecule has 0 aliphatic carbocycles. The second-order valence-corrected chi connectivity index (χ2v) is 7.72. The first kappa shape index (κ1) is 21.1. The van der Waals surface area contributed by atoms with Crippen molar-refractivity contribution in [2.45, 2.75) is 30.7 Å². The molecule has 0 bridgehead atoms. The number of carbonyl (C=O) groups excluding carboxylic acids is 1. The van der Waals surface area contributed by atoms with Crippen LogP contribution in [0.4, 0.5) is 10.1 Å². The Morgan fingerprint density at radius 1 is 1.33 bits per heavy atom. The molecule has 24 heavy (non-hydrogen) atoms. The lowest BCUT2D eigenvalue weighted by molar-refractivity contribution is -0.114. The molecule has 6 nitrogen and oxygen atoms in total. The molecule has 1 amide bonds. The van der Waals surface area contributed by atoms with Gasteiger partial charge in [-0.1, -0.05) is 11.6 Å². The summed E-state index contributed by atoms with van der Waals surface area (Å²) in [7, 11) is -2.13. The van der Waals surface area contributed by atoms with Crippen LogP contribution in [0.3, 0.4) is 0 Å². The normalized spacial score (nSPS) is 16.5. The fourth-order valence-corrected chi connectivity index (χ4v) is 4.35. The monoisotopic (exact) mass is 399 g/mol. The fourth-order valence-electron chi connectivity index (χ4n) is 2.54. The average Bonchev–Trinajstić information content (AvgIpc) is 2.50. The number of nitrogens with one attached hydrogen (secondary N) is 2. The maximum atomic E-state index is 14.2. The number of sulfonamides is 1. The molecule has 1 aliphatic heterocycles. The topological polar surface area (TPSA) is 78.5 Å². The number of benzene rings is 1. The summed E-state index contributed by atoms with van der Waals surface area (Å²) in [4.78, 5) is 10.6. The zero-order valence-electron chi connectivity index (χ0n) is 13.3. The maximum Gasteiger partial charge on any atom is 0.246 e. The summed E-state index contributed by atoms with van der Waals surface area (Å²) in [6.07, 6.45) is 1.32. The third-order valence-electron chi connectivity index (χ3n) is 3.81. The zero-order chi connectivity index (χ0) is 17.2. The third-order valence-corrected chi connectivity index (χ3v) is 6.04. The van der Waals surface area contributed by atoms with Crippen molar-refractivity contribution in [2.75, 3.05) is 25.5 Å². The minimum absolute atomic E-state index is 0. The SMILES string of the molecule is CNC1CCN(S(=O)(=O)c2cc(Cl)c(NC(C)=O)cc2F)CC1.Cl. The van der Waals surface area contributed by atoms with Crippen LogP contribution in [0.5, 0.6) is 0 Å². The van der Waals surface area contributed by atoms with Gasteiger partial charge in [-0.2, -0.15) is 4.31 Å². The second kappa shape index (κ2) is 8.44.